The van der Waals surface area contributed by atoms with Crippen LogP contribution in [0.2, 0.25) is 0 Å². The van der Waals surface area contributed by atoms with Gasteiger partial charge in [-0.2, -0.15) is 0 Å². The van der Waals surface area contributed by atoms with E-state index in [1.165, 1.54) is 12.1 Å². The summed E-state index contributed by atoms with van der Waals surface area (Å²) in [6.45, 7) is 9.47. The summed E-state index contributed by atoms with van der Waals surface area (Å²) in [4.78, 5) is 38.5. The van der Waals surface area contributed by atoms with E-state index < -0.39 is 41.6 Å². The van der Waals surface area contributed by atoms with Crippen LogP contribution in [0.3, 0.4) is 0 Å². The average Bonchev–Trinajstić information content (AvgIpc) is 3.17. The first kappa shape index (κ1) is 25.4. The van der Waals surface area contributed by atoms with Crippen molar-refractivity contribution in [1.82, 2.24) is 0 Å². The summed E-state index contributed by atoms with van der Waals surface area (Å²) in [7, 11) is 0. The highest BCUT2D eigenvalue weighted by atomic mass is 16.6. The summed E-state index contributed by atoms with van der Waals surface area (Å²) in [6.07, 6.45) is 4.02. The standard InChI is InChI=1S/C28H36O7/c1-5-26(3)15-22(35-23(32)16-34-25(33)18-8-6-7-9-19(18)29)27(4)12-10-17(2)28(14-21(26)31)13-11-20(30)24(27)28/h5-9,17,21-22,24,29,31H,1,10-16H2,2-4H3/t17-,21+,22-,24+,26-,27+,28-/m1/s1. The van der Waals surface area contributed by atoms with Gasteiger partial charge in [0.15, 0.2) is 6.61 Å². The molecule has 3 aliphatic rings. The number of phenols is 1. The molecule has 0 aromatic heterocycles. The second-order valence-corrected chi connectivity index (χ2v) is 11.3. The highest BCUT2D eigenvalue weighted by Crippen LogP contribution is 2.66. The Balaban J connectivity index is 1.60. The lowest BCUT2D eigenvalue weighted by Gasteiger charge is -2.59. The summed E-state index contributed by atoms with van der Waals surface area (Å²) in [6, 6.07) is 5.93. The van der Waals surface area contributed by atoms with E-state index in [1.807, 2.05) is 13.8 Å². The maximum atomic E-state index is 13.3. The number of rotatable bonds is 5. The number of benzene rings is 1. The van der Waals surface area contributed by atoms with E-state index >= 15 is 0 Å². The summed E-state index contributed by atoms with van der Waals surface area (Å²) in [5, 5.41) is 21.2. The number of hydrogen-bond acceptors (Lipinski definition) is 7. The molecular weight excluding hydrogens is 448 g/mol. The van der Waals surface area contributed by atoms with Crippen molar-refractivity contribution in [2.45, 2.75) is 71.5 Å². The monoisotopic (exact) mass is 484 g/mol. The maximum absolute atomic E-state index is 13.3. The molecule has 190 valence electrons. The molecule has 1 aromatic carbocycles. The molecule has 7 nitrogen and oxygen atoms in total. The molecule has 2 bridgehead atoms. The summed E-state index contributed by atoms with van der Waals surface area (Å²) in [5.41, 5.74) is -1.68. The second kappa shape index (κ2) is 9.08. The van der Waals surface area contributed by atoms with Gasteiger partial charge in [-0.1, -0.05) is 39.0 Å². The molecule has 35 heavy (non-hydrogen) atoms. The van der Waals surface area contributed by atoms with E-state index in [-0.39, 0.29) is 34.3 Å². The minimum absolute atomic E-state index is 0.0387. The van der Waals surface area contributed by atoms with E-state index in [1.54, 1.807) is 18.2 Å². The molecule has 0 aliphatic heterocycles. The largest absolute Gasteiger partial charge is 0.507 e. The molecule has 3 fully saturated rings. The number of ether oxygens (including phenoxy) is 2. The highest BCUT2D eigenvalue weighted by Gasteiger charge is 2.66. The Hall–Kier alpha value is -2.67. The number of aliphatic hydroxyl groups is 1. The number of hydrogen-bond donors (Lipinski definition) is 2. The molecular formula is C28H36O7. The van der Waals surface area contributed by atoms with Crippen LogP contribution in [0, 0.1) is 28.1 Å². The summed E-state index contributed by atoms with van der Waals surface area (Å²) >= 11 is 0. The smallest absolute Gasteiger partial charge is 0.344 e. The molecule has 0 saturated heterocycles. The number of aliphatic hydroxyl groups excluding tert-OH is 1. The van der Waals surface area contributed by atoms with Crippen LogP contribution in [0.1, 0.15) is 69.7 Å². The number of phenolic OH excluding ortho intramolecular Hbond substituents is 1. The van der Waals surface area contributed by atoms with Gasteiger partial charge in [0.05, 0.1) is 6.10 Å². The SMILES string of the molecule is C=C[C@]1(C)C[C@@H](OC(=O)COC(=O)c2ccccc2O)[C@]2(C)CC[C@@H](C)[C@@]3(CCC(=O)[C@@H]23)C[C@@H]1O. The number of para-hydroxylation sites is 1. The van der Waals surface area contributed by atoms with Gasteiger partial charge >= 0.3 is 11.9 Å². The number of ketones is 1. The van der Waals surface area contributed by atoms with E-state index in [0.29, 0.717) is 19.3 Å². The van der Waals surface area contributed by atoms with Crippen LogP contribution in [0.4, 0.5) is 0 Å². The molecule has 3 aliphatic carbocycles. The average molecular weight is 485 g/mol. The van der Waals surface area contributed by atoms with Crippen LogP contribution < -0.4 is 0 Å². The Kier molecular flexibility index (Phi) is 6.60. The predicted octanol–water partition coefficient (Wildman–Crippen LogP) is 4.21. The van der Waals surface area contributed by atoms with Gasteiger partial charge in [-0.3, -0.25) is 4.79 Å². The third kappa shape index (κ3) is 4.18. The van der Waals surface area contributed by atoms with Gasteiger partial charge in [-0.15, -0.1) is 6.58 Å². The lowest BCUT2D eigenvalue weighted by atomic mass is 9.46. The van der Waals surface area contributed by atoms with Gasteiger partial charge < -0.3 is 19.7 Å². The second-order valence-electron chi connectivity index (χ2n) is 11.3. The minimum atomic E-state index is -0.827. The number of aromatic hydroxyl groups is 1. The highest BCUT2D eigenvalue weighted by molar-refractivity contribution is 5.93. The van der Waals surface area contributed by atoms with Crippen LogP contribution in [0.25, 0.3) is 0 Å². The first-order valence-corrected chi connectivity index (χ1v) is 12.5. The van der Waals surface area contributed by atoms with Crippen LogP contribution in [0.5, 0.6) is 5.75 Å². The third-order valence-electron chi connectivity index (χ3n) is 9.37. The van der Waals surface area contributed by atoms with Crippen molar-refractivity contribution in [2.24, 2.45) is 28.1 Å². The van der Waals surface area contributed by atoms with Crippen molar-refractivity contribution >= 4 is 17.7 Å². The number of carbonyl (C=O) groups excluding carboxylic acids is 3. The van der Waals surface area contributed by atoms with Crippen LogP contribution in [0.15, 0.2) is 36.9 Å². The van der Waals surface area contributed by atoms with Crippen LogP contribution in [-0.4, -0.2) is 46.7 Å². The fourth-order valence-electron chi connectivity index (χ4n) is 7.05. The maximum Gasteiger partial charge on any atom is 0.344 e. The Bertz CT molecular complexity index is 1030. The Morgan fingerprint density at radius 1 is 1.20 bits per heavy atom. The normalized spacial score (nSPS) is 38.6. The summed E-state index contributed by atoms with van der Waals surface area (Å²) < 4.78 is 11.1. The fraction of sp³-hybridized carbons (Fsp3) is 0.607. The predicted molar refractivity (Wildman–Crippen MR) is 128 cm³/mol. The van der Waals surface area contributed by atoms with Gasteiger partial charge in [-0.25, -0.2) is 9.59 Å². The zero-order valence-electron chi connectivity index (χ0n) is 20.8. The van der Waals surface area contributed by atoms with E-state index in [2.05, 4.69) is 13.5 Å². The van der Waals surface area contributed by atoms with E-state index in [4.69, 9.17) is 9.47 Å². The molecule has 3 saturated carbocycles. The molecule has 0 radical (unpaired) electrons. The lowest BCUT2D eigenvalue weighted by Crippen LogP contribution is -2.59. The fourth-order valence-corrected chi connectivity index (χ4v) is 7.05. The Labute approximate surface area is 206 Å². The zero-order valence-corrected chi connectivity index (χ0v) is 20.8. The molecule has 7 heteroatoms. The van der Waals surface area contributed by atoms with Crippen LogP contribution >= 0.6 is 0 Å². The van der Waals surface area contributed by atoms with Gasteiger partial charge in [0.1, 0.15) is 23.2 Å². The molecule has 0 amide bonds. The van der Waals surface area contributed by atoms with Crippen molar-refractivity contribution < 1.29 is 34.1 Å². The summed E-state index contributed by atoms with van der Waals surface area (Å²) in [5.74, 6) is -1.64. The third-order valence-corrected chi connectivity index (χ3v) is 9.37. The van der Waals surface area contributed by atoms with Crippen molar-refractivity contribution in [3.8, 4) is 5.75 Å². The Morgan fingerprint density at radius 2 is 1.91 bits per heavy atom. The van der Waals surface area contributed by atoms with Gasteiger partial charge in [0.25, 0.3) is 0 Å². The first-order valence-electron chi connectivity index (χ1n) is 12.5. The van der Waals surface area contributed by atoms with E-state index in [0.717, 1.165) is 19.3 Å². The number of esters is 2. The van der Waals surface area contributed by atoms with Gasteiger partial charge in [0, 0.05) is 23.2 Å². The molecule has 1 aromatic rings. The van der Waals surface area contributed by atoms with Gasteiger partial charge in [-0.05, 0) is 55.6 Å². The number of carbonyl (C=O) groups is 3. The molecule has 0 heterocycles. The van der Waals surface area contributed by atoms with E-state index in [9.17, 15) is 24.6 Å². The van der Waals surface area contributed by atoms with Gasteiger partial charge in [0.2, 0.25) is 0 Å². The topological polar surface area (TPSA) is 110 Å². The van der Waals surface area contributed by atoms with Crippen LogP contribution in [-0.2, 0) is 19.1 Å². The Morgan fingerprint density at radius 3 is 2.60 bits per heavy atom. The van der Waals surface area contributed by atoms with Crippen molar-refractivity contribution in [3.63, 3.8) is 0 Å². The molecule has 0 unspecified atom stereocenters. The minimum Gasteiger partial charge on any atom is -0.507 e. The first-order chi connectivity index (χ1) is 16.5. The van der Waals surface area contributed by atoms with Crippen molar-refractivity contribution in [2.75, 3.05) is 6.61 Å². The molecule has 0 spiro atoms. The lowest BCUT2D eigenvalue weighted by molar-refractivity contribution is -0.192. The zero-order chi connectivity index (χ0) is 25.6. The molecule has 2 N–H and O–H groups in total. The number of Topliss-reactive ketones (excluding diaryl/α,β-unsaturated/α-hetero) is 1. The molecule has 4 rings (SSSR count). The van der Waals surface area contributed by atoms with Crippen molar-refractivity contribution in [1.29, 1.82) is 0 Å². The molecule has 7 atom stereocenters. The quantitative estimate of drug-likeness (QED) is 0.476. The van der Waals surface area contributed by atoms with Crippen molar-refractivity contribution in [3.05, 3.63) is 42.5 Å².